The van der Waals surface area contributed by atoms with Gasteiger partial charge in [0.05, 0.1) is 0 Å². The first-order valence-corrected chi connectivity index (χ1v) is 4.68. The molecule has 2 rings (SSSR count). The number of hydrogen-bond donors (Lipinski definition) is 0. The van der Waals surface area contributed by atoms with Crippen molar-refractivity contribution < 1.29 is 22.1 Å². The maximum atomic E-state index is 13.0. The molecule has 0 spiro atoms. The highest BCUT2D eigenvalue weighted by Gasteiger charge is 2.35. The number of hydrogen-bond acceptors (Lipinski definition) is 2. The molecule has 0 unspecified atom stereocenters. The first-order valence-electron chi connectivity index (χ1n) is 4.68. The molecule has 0 fully saturated rings. The monoisotopic (exact) mass is 245 g/mol. The van der Waals surface area contributed by atoms with Crippen molar-refractivity contribution in [3.05, 3.63) is 41.3 Å². The van der Waals surface area contributed by atoms with Crippen LogP contribution in [-0.2, 0) is 6.18 Å². The fraction of sp³-hybridized carbons (Fsp3) is 0.182. The second kappa shape index (κ2) is 3.87. The summed E-state index contributed by atoms with van der Waals surface area (Å²) in [6.07, 6.45) is -4.54. The lowest BCUT2D eigenvalue weighted by Crippen LogP contribution is -2.04. The maximum Gasteiger partial charge on any atom is 0.436 e. The van der Waals surface area contributed by atoms with Crippen LogP contribution in [0.2, 0.25) is 0 Å². The Hall–Kier alpha value is -1.85. The maximum absolute atomic E-state index is 13.0. The Bertz CT molecular complexity index is 545. The predicted molar refractivity (Wildman–Crippen MR) is 51.6 cm³/mol. The van der Waals surface area contributed by atoms with Gasteiger partial charge < -0.3 is 4.52 Å². The van der Waals surface area contributed by atoms with Crippen LogP contribution in [0, 0.1) is 12.7 Å². The van der Waals surface area contributed by atoms with Crippen molar-refractivity contribution in [3.63, 3.8) is 0 Å². The van der Waals surface area contributed by atoms with Crippen LogP contribution in [0.25, 0.3) is 11.3 Å². The third-order valence-electron chi connectivity index (χ3n) is 2.24. The number of aryl methyl sites for hydroxylation is 1. The van der Waals surface area contributed by atoms with E-state index in [0.717, 1.165) is 6.07 Å². The molecule has 1 heterocycles. The summed E-state index contributed by atoms with van der Waals surface area (Å²) in [6, 6.07) is 4.69. The van der Waals surface area contributed by atoms with Crippen LogP contribution in [0.15, 0.2) is 28.8 Å². The van der Waals surface area contributed by atoms with Crippen molar-refractivity contribution in [2.24, 2.45) is 0 Å². The topological polar surface area (TPSA) is 26.0 Å². The van der Waals surface area contributed by atoms with Crippen LogP contribution in [0.3, 0.4) is 0 Å². The van der Waals surface area contributed by atoms with E-state index in [1.54, 1.807) is 0 Å². The van der Waals surface area contributed by atoms with E-state index in [4.69, 9.17) is 0 Å². The van der Waals surface area contributed by atoms with Gasteiger partial charge in [-0.3, -0.25) is 0 Å². The Labute approximate surface area is 93.8 Å². The summed E-state index contributed by atoms with van der Waals surface area (Å²) in [5.41, 5.74) is -0.422. The molecule has 17 heavy (non-hydrogen) atoms. The second-order valence-electron chi connectivity index (χ2n) is 3.54. The highest BCUT2D eigenvalue weighted by Crippen LogP contribution is 2.31. The molecule has 0 bridgehead atoms. The van der Waals surface area contributed by atoms with Gasteiger partial charge in [0.2, 0.25) is 0 Å². The quantitative estimate of drug-likeness (QED) is 0.714. The number of rotatable bonds is 1. The van der Waals surface area contributed by atoms with E-state index in [1.807, 2.05) is 0 Å². The Balaban J connectivity index is 2.40. The molecule has 2 nitrogen and oxygen atoms in total. The number of nitrogens with zero attached hydrogens (tertiary/aromatic N) is 1. The van der Waals surface area contributed by atoms with Crippen LogP contribution in [-0.4, -0.2) is 5.16 Å². The second-order valence-corrected chi connectivity index (χ2v) is 3.54. The average Bonchev–Trinajstić information content (AvgIpc) is 2.70. The van der Waals surface area contributed by atoms with Gasteiger partial charge in [0.15, 0.2) is 11.5 Å². The van der Waals surface area contributed by atoms with E-state index < -0.39 is 17.7 Å². The van der Waals surface area contributed by atoms with E-state index in [2.05, 4.69) is 9.68 Å². The summed E-state index contributed by atoms with van der Waals surface area (Å²) in [5, 5.41) is 2.92. The molecular formula is C11H7F4NO. The van der Waals surface area contributed by atoms with E-state index in [1.165, 1.54) is 25.1 Å². The van der Waals surface area contributed by atoms with Crippen LogP contribution in [0.5, 0.6) is 0 Å². The smallest absolute Gasteiger partial charge is 0.356 e. The fourth-order valence-electron chi connectivity index (χ4n) is 1.34. The summed E-state index contributed by atoms with van der Waals surface area (Å²) in [4.78, 5) is 0. The summed E-state index contributed by atoms with van der Waals surface area (Å²) in [5.74, 6) is -0.468. The van der Waals surface area contributed by atoms with Crippen molar-refractivity contribution >= 4 is 0 Å². The van der Waals surface area contributed by atoms with Crippen LogP contribution >= 0.6 is 0 Å². The SMILES string of the molecule is Cc1cc(-c2cc(C(F)(F)F)no2)ccc1F. The highest BCUT2D eigenvalue weighted by molar-refractivity contribution is 5.58. The molecule has 0 atom stereocenters. The van der Waals surface area contributed by atoms with Crippen LogP contribution < -0.4 is 0 Å². The molecule has 0 aliphatic rings. The standard InChI is InChI=1S/C11H7F4NO/c1-6-4-7(2-3-8(6)12)9-5-10(16-17-9)11(13,14)15/h2-5H,1H3. The van der Waals surface area contributed by atoms with Gasteiger partial charge in [-0.1, -0.05) is 5.16 Å². The molecule has 0 radical (unpaired) electrons. The van der Waals surface area contributed by atoms with Crippen molar-refractivity contribution in [1.82, 2.24) is 5.16 Å². The summed E-state index contributed by atoms with van der Waals surface area (Å²) >= 11 is 0. The van der Waals surface area contributed by atoms with Gasteiger partial charge in [-0.05, 0) is 30.7 Å². The van der Waals surface area contributed by atoms with Gasteiger partial charge in [-0.25, -0.2) is 4.39 Å². The first kappa shape index (κ1) is 11.6. The zero-order valence-corrected chi connectivity index (χ0v) is 8.68. The molecule has 2 aromatic rings. The summed E-state index contributed by atoms with van der Waals surface area (Å²) < 4.78 is 54.4. The van der Waals surface area contributed by atoms with Gasteiger partial charge in [0, 0.05) is 11.6 Å². The molecule has 90 valence electrons. The zero-order chi connectivity index (χ0) is 12.6. The van der Waals surface area contributed by atoms with E-state index in [0.29, 0.717) is 11.1 Å². The molecule has 1 aromatic heterocycles. The molecule has 0 aliphatic carbocycles. The largest absolute Gasteiger partial charge is 0.436 e. The summed E-state index contributed by atoms with van der Waals surface area (Å²) in [6.45, 7) is 1.51. The van der Waals surface area contributed by atoms with E-state index >= 15 is 0 Å². The highest BCUT2D eigenvalue weighted by atomic mass is 19.4. The average molecular weight is 245 g/mol. The first-order chi connectivity index (χ1) is 7.88. The minimum Gasteiger partial charge on any atom is -0.356 e. The molecule has 6 heteroatoms. The van der Waals surface area contributed by atoms with Gasteiger partial charge in [0.1, 0.15) is 5.82 Å². The van der Waals surface area contributed by atoms with Crippen LogP contribution in [0.1, 0.15) is 11.3 Å². The zero-order valence-electron chi connectivity index (χ0n) is 8.68. The number of alkyl halides is 3. The molecule has 0 amide bonds. The molecule has 0 saturated carbocycles. The van der Waals surface area contributed by atoms with Gasteiger partial charge in [0.25, 0.3) is 0 Å². The summed E-state index contributed by atoms with van der Waals surface area (Å²) in [7, 11) is 0. The lowest BCUT2D eigenvalue weighted by atomic mass is 10.1. The third-order valence-corrected chi connectivity index (χ3v) is 2.24. The van der Waals surface area contributed by atoms with E-state index in [-0.39, 0.29) is 5.76 Å². The Kier molecular flexibility index (Phi) is 2.65. The number of halogens is 4. The molecule has 1 aromatic carbocycles. The Morgan fingerprint density at radius 1 is 1.18 bits per heavy atom. The van der Waals surface area contributed by atoms with Gasteiger partial charge >= 0.3 is 6.18 Å². The van der Waals surface area contributed by atoms with Crippen molar-refractivity contribution in [1.29, 1.82) is 0 Å². The Morgan fingerprint density at radius 3 is 2.41 bits per heavy atom. The lowest BCUT2D eigenvalue weighted by Gasteiger charge is -1.99. The Morgan fingerprint density at radius 2 is 1.88 bits per heavy atom. The van der Waals surface area contributed by atoms with Crippen molar-refractivity contribution in [3.8, 4) is 11.3 Å². The minimum atomic E-state index is -4.54. The van der Waals surface area contributed by atoms with E-state index in [9.17, 15) is 17.6 Å². The number of aromatic nitrogens is 1. The minimum absolute atomic E-state index is 0.0413. The predicted octanol–water partition coefficient (Wildman–Crippen LogP) is 3.81. The molecule has 0 saturated heterocycles. The van der Waals surface area contributed by atoms with Gasteiger partial charge in [-0.2, -0.15) is 13.2 Å². The van der Waals surface area contributed by atoms with Crippen molar-refractivity contribution in [2.45, 2.75) is 13.1 Å². The molecule has 0 aliphatic heterocycles. The molecular weight excluding hydrogens is 238 g/mol. The lowest BCUT2D eigenvalue weighted by molar-refractivity contribution is -0.142. The van der Waals surface area contributed by atoms with Crippen molar-refractivity contribution in [2.75, 3.05) is 0 Å². The third kappa shape index (κ3) is 2.30. The fourth-order valence-corrected chi connectivity index (χ4v) is 1.34. The normalized spacial score (nSPS) is 11.8. The molecule has 0 N–H and O–H groups in total. The van der Waals surface area contributed by atoms with Crippen LogP contribution in [0.4, 0.5) is 17.6 Å². The number of benzene rings is 1. The van der Waals surface area contributed by atoms with Gasteiger partial charge in [-0.15, -0.1) is 0 Å².